The van der Waals surface area contributed by atoms with Gasteiger partial charge in [-0.1, -0.05) is 52.9 Å². The second-order valence-corrected chi connectivity index (χ2v) is 6.85. The van der Waals surface area contributed by atoms with Gasteiger partial charge in [-0.2, -0.15) is 0 Å². The van der Waals surface area contributed by atoms with E-state index < -0.39 is 23.7 Å². The van der Waals surface area contributed by atoms with E-state index in [0.717, 1.165) is 9.99 Å². The molecule has 1 rings (SSSR count). The summed E-state index contributed by atoms with van der Waals surface area (Å²) in [5.41, 5.74) is 0.302. The fourth-order valence-electron chi connectivity index (χ4n) is 1.64. The van der Waals surface area contributed by atoms with Crippen molar-refractivity contribution in [2.24, 2.45) is 0 Å². The van der Waals surface area contributed by atoms with E-state index >= 15 is 0 Å². The Balaban J connectivity index is 2.51. The van der Waals surface area contributed by atoms with E-state index in [9.17, 15) is 9.59 Å². The molecule has 5 nitrogen and oxygen atoms in total. The van der Waals surface area contributed by atoms with E-state index in [1.54, 1.807) is 20.8 Å². The van der Waals surface area contributed by atoms with Gasteiger partial charge in [-0.25, -0.2) is 9.59 Å². The van der Waals surface area contributed by atoms with E-state index in [1.165, 1.54) is 0 Å². The fourth-order valence-corrected chi connectivity index (χ4v) is 2.26. The fraction of sp³-hybridized carbons (Fsp3) is 0.500. The van der Waals surface area contributed by atoms with E-state index in [1.807, 2.05) is 30.3 Å². The van der Waals surface area contributed by atoms with Gasteiger partial charge in [-0.3, -0.25) is 0 Å². The van der Waals surface area contributed by atoms with Crippen LogP contribution < -0.4 is 5.32 Å². The number of esters is 1. The second-order valence-electron chi connectivity index (χ2n) is 5.77. The Morgan fingerprint density at radius 1 is 1.23 bits per heavy atom. The molecule has 0 spiro atoms. The highest BCUT2D eigenvalue weighted by atomic mass is 127. The maximum absolute atomic E-state index is 12.1. The summed E-state index contributed by atoms with van der Waals surface area (Å²) >= 11 is 2.15. The molecule has 0 saturated heterocycles. The quantitative estimate of drug-likeness (QED) is 0.436. The van der Waals surface area contributed by atoms with Crippen molar-refractivity contribution >= 4 is 34.7 Å². The zero-order chi connectivity index (χ0) is 16.6. The number of amides is 1. The summed E-state index contributed by atoms with van der Waals surface area (Å²) in [5, 5.41) is 2.57. The normalized spacial score (nSPS) is 12.4. The van der Waals surface area contributed by atoms with E-state index in [4.69, 9.17) is 9.47 Å². The van der Waals surface area contributed by atoms with Gasteiger partial charge >= 0.3 is 12.1 Å². The first kappa shape index (κ1) is 18.7. The van der Waals surface area contributed by atoms with Crippen LogP contribution in [-0.4, -0.2) is 28.1 Å². The van der Waals surface area contributed by atoms with E-state index in [2.05, 4.69) is 27.9 Å². The van der Waals surface area contributed by atoms with Crippen LogP contribution in [0, 0.1) is 0 Å². The number of ether oxygens (including phenoxy) is 2. The lowest BCUT2D eigenvalue weighted by molar-refractivity contribution is -0.157. The highest BCUT2D eigenvalue weighted by Gasteiger charge is 2.26. The van der Waals surface area contributed by atoms with Gasteiger partial charge in [0.2, 0.25) is 0 Å². The van der Waals surface area contributed by atoms with Crippen LogP contribution >= 0.6 is 22.6 Å². The Morgan fingerprint density at radius 3 is 2.41 bits per heavy atom. The molecule has 0 aliphatic carbocycles. The highest BCUT2D eigenvalue weighted by Crippen LogP contribution is 2.11. The molecule has 122 valence electrons. The van der Waals surface area contributed by atoms with Crippen molar-refractivity contribution in [3.63, 3.8) is 0 Å². The summed E-state index contributed by atoms with van der Waals surface area (Å²) < 4.78 is 11.2. The molecule has 1 amide bonds. The zero-order valence-corrected chi connectivity index (χ0v) is 15.3. The molecule has 0 fully saturated rings. The number of alkyl carbamates (subject to hydrolysis) is 1. The van der Waals surface area contributed by atoms with Crippen molar-refractivity contribution in [1.82, 2.24) is 5.32 Å². The minimum absolute atomic E-state index is 0.165. The first-order valence-electron chi connectivity index (χ1n) is 7.08. The first-order chi connectivity index (χ1) is 10.3. The van der Waals surface area contributed by atoms with Gasteiger partial charge in [-0.15, -0.1) is 0 Å². The van der Waals surface area contributed by atoms with Gasteiger partial charge in [0.15, 0.2) is 0 Å². The van der Waals surface area contributed by atoms with Crippen LogP contribution in [0.4, 0.5) is 4.79 Å². The Labute approximate surface area is 144 Å². The standard InChI is InChI=1S/C16H22INO4/c1-16(2,3)22-14(19)13(9-10-17)18-15(20)21-11-12-7-5-4-6-8-12/h4-8,13H,9-11H2,1-3H3,(H,18,20)/t13-/m1/s1. The van der Waals surface area contributed by atoms with Crippen LogP contribution in [0.2, 0.25) is 0 Å². The van der Waals surface area contributed by atoms with Crippen LogP contribution in [0.15, 0.2) is 30.3 Å². The van der Waals surface area contributed by atoms with Crippen molar-refractivity contribution in [2.45, 2.75) is 45.4 Å². The number of carbonyl (C=O) groups is 2. The molecule has 0 heterocycles. The summed E-state index contributed by atoms with van der Waals surface area (Å²) in [6, 6.07) is 8.67. The van der Waals surface area contributed by atoms with Crippen molar-refractivity contribution in [3.8, 4) is 0 Å². The van der Waals surface area contributed by atoms with Crippen molar-refractivity contribution in [2.75, 3.05) is 4.43 Å². The van der Waals surface area contributed by atoms with E-state index in [0.29, 0.717) is 6.42 Å². The molecule has 1 aromatic rings. The summed E-state index contributed by atoms with van der Waals surface area (Å²) in [7, 11) is 0. The summed E-state index contributed by atoms with van der Waals surface area (Å²) in [5.74, 6) is -0.444. The molecule has 0 unspecified atom stereocenters. The topological polar surface area (TPSA) is 64.6 Å². The zero-order valence-electron chi connectivity index (χ0n) is 13.1. The molecule has 1 atom stereocenters. The highest BCUT2D eigenvalue weighted by molar-refractivity contribution is 14.1. The van der Waals surface area contributed by atoms with Crippen LogP contribution in [0.5, 0.6) is 0 Å². The van der Waals surface area contributed by atoms with Gasteiger partial charge in [-0.05, 0) is 32.8 Å². The Bertz CT molecular complexity index is 485. The molecule has 0 radical (unpaired) electrons. The summed E-state index contributed by atoms with van der Waals surface area (Å²) in [6.07, 6.45) is -0.125. The Kier molecular flexibility index (Phi) is 7.64. The molecule has 22 heavy (non-hydrogen) atoms. The van der Waals surface area contributed by atoms with Crippen LogP contribution in [-0.2, 0) is 20.9 Å². The van der Waals surface area contributed by atoms with Crippen molar-refractivity contribution in [3.05, 3.63) is 35.9 Å². The smallest absolute Gasteiger partial charge is 0.408 e. The monoisotopic (exact) mass is 419 g/mol. The molecule has 1 N–H and O–H groups in total. The van der Waals surface area contributed by atoms with Crippen LogP contribution in [0.25, 0.3) is 0 Å². The summed E-state index contributed by atoms with van der Waals surface area (Å²) in [6.45, 7) is 5.54. The van der Waals surface area contributed by atoms with Crippen LogP contribution in [0.3, 0.4) is 0 Å². The third-order valence-electron chi connectivity index (χ3n) is 2.59. The SMILES string of the molecule is CC(C)(C)OC(=O)[C@@H](CCI)NC(=O)OCc1ccccc1. The molecule has 6 heteroatoms. The number of hydrogen-bond donors (Lipinski definition) is 1. The number of halogens is 1. The third-order valence-corrected chi connectivity index (χ3v) is 3.22. The van der Waals surface area contributed by atoms with Gasteiger partial charge in [0.05, 0.1) is 0 Å². The number of hydrogen-bond acceptors (Lipinski definition) is 4. The van der Waals surface area contributed by atoms with Crippen molar-refractivity contribution in [1.29, 1.82) is 0 Å². The minimum Gasteiger partial charge on any atom is -0.458 e. The largest absolute Gasteiger partial charge is 0.458 e. The van der Waals surface area contributed by atoms with Gasteiger partial charge in [0, 0.05) is 4.43 Å². The van der Waals surface area contributed by atoms with Gasteiger partial charge < -0.3 is 14.8 Å². The Hall–Kier alpha value is -1.31. The maximum atomic E-state index is 12.1. The first-order valence-corrected chi connectivity index (χ1v) is 8.60. The van der Waals surface area contributed by atoms with Crippen LogP contribution in [0.1, 0.15) is 32.8 Å². The molecular formula is C16H22INO4. The lowest BCUT2D eigenvalue weighted by Gasteiger charge is -2.24. The predicted octanol–water partition coefficient (Wildman–Crippen LogP) is 3.45. The average Bonchev–Trinajstić information content (AvgIpc) is 2.44. The number of nitrogens with one attached hydrogen (secondary N) is 1. The molecule has 1 aromatic carbocycles. The predicted molar refractivity (Wildman–Crippen MR) is 92.9 cm³/mol. The van der Waals surface area contributed by atoms with Crippen molar-refractivity contribution < 1.29 is 19.1 Å². The van der Waals surface area contributed by atoms with Gasteiger partial charge in [0.25, 0.3) is 0 Å². The summed E-state index contributed by atoms with van der Waals surface area (Å²) in [4.78, 5) is 23.9. The third kappa shape index (κ3) is 7.63. The lowest BCUT2D eigenvalue weighted by atomic mass is 10.1. The molecule has 0 aliphatic rings. The Morgan fingerprint density at radius 2 is 1.86 bits per heavy atom. The lowest BCUT2D eigenvalue weighted by Crippen LogP contribution is -2.44. The number of rotatable bonds is 6. The number of benzene rings is 1. The molecule has 0 bridgehead atoms. The number of carbonyl (C=O) groups excluding carboxylic acids is 2. The molecule has 0 aliphatic heterocycles. The minimum atomic E-state index is -0.695. The second kappa shape index (κ2) is 8.97. The number of alkyl halides is 1. The van der Waals surface area contributed by atoms with Gasteiger partial charge in [0.1, 0.15) is 18.2 Å². The molecular weight excluding hydrogens is 397 g/mol. The molecule has 0 saturated carbocycles. The van der Waals surface area contributed by atoms with E-state index in [-0.39, 0.29) is 6.61 Å². The molecule has 0 aromatic heterocycles. The maximum Gasteiger partial charge on any atom is 0.408 e. The average molecular weight is 419 g/mol.